The lowest BCUT2D eigenvalue weighted by Gasteiger charge is -2.35. The molecule has 0 bridgehead atoms. The van der Waals surface area contributed by atoms with Gasteiger partial charge in [-0.3, -0.25) is 0 Å². The first-order valence-electron chi connectivity index (χ1n) is 7.04. The third-order valence-corrected chi connectivity index (χ3v) is 4.31. The zero-order chi connectivity index (χ0) is 13.3. The molecule has 0 aromatic carbocycles. The molecule has 3 rings (SSSR count). The molecule has 1 fully saturated rings. The second-order valence-electron chi connectivity index (χ2n) is 5.42. The molecule has 5 nitrogen and oxygen atoms in total. The van der Waals surface area contributed by atoms with E-state index in [1.807, 2.05) is 0 Å². The Bertz CT molecular complexity index is 470. The molecular weight excluding hydrogens is 242 g/mol. The maximum atomic E-state index is 6.08. The van der Waals surface area contributed by atoms with E-state index >= 15 is 0 Å². The van der Waals surface area contributed by atoms with Crippen molar-refractivity contribution in [3.8, 4) is 0 Å². The van der Waals surface area contributed by atoms with Crippen LogP contribution >= 0.6 is 0 Å². The first-order chi connectivity index (χ1) is 9.25. The molecule has 0 saturated heterocycles. The van der Waals surface area contributed by atoms with Crippen LogP contribution in [0.2, 0.25) is 0 Å². The van der Waals surface area contributed by atoms with Gasteiger partial charge in [0.25, 0.3) is 0 Å². The highest BCUT2D eigenvalue weighted by Gasteiger charge is 2.37. The Labute approximate surface area is 113 Å². The summed E-state index contributed by atoms with van der Waals surface area (Å²) in [6, 6.07) is 0. The Kier molecular flexibility index (Phi) is 3.41. The number of hydrogen-bond acceptors (Lipinski definition) is 5. The van der Waals surface area contributed by atoms with Gasteiger partial charge in [-0.25, -0.2) is 9.97 Å². The monoisotopic (exact) mass is 263 g/mol. The van der Waals surface area contributed by atoms with E-state index in [0.717, 1.165) is 49.2 Å². The van der Waals surface area contributed by atoms with Crippen LogP contribution in [0.25, 0.3) is 0 Å². The molecule has 0 unspecified atom stereocenters. The summed E-state index contributed by atoms with van der Waals surface area (Å²) in [6.07, 6.45) is 6.37. The summed E-state index contributed by atoms with van der Waals surface area (Å²) < 4.78 is 11.2. The predicted molar refractivity (Wildman–Crippen MR) is 71.6 cm³/mol. The SMILES string of the molecule is COC1(c2nc(N)c3c(n2)CCOC3)CCCCC1. The largest absolute Gasteiger partial charge is 0.383 e. The summed E-state index contributed by atoms with van der Waals surface area (Å²) in [5.41, 5.74) is 7.74. The zero-order valence-corrected chi connectivity index (χ0v) is 11.4. The average molecular weight is 263 g/mol. The molecule has 0 spiro atoms. The van der Waals surface area contributed by atoms with Crippen LogP contribution in [0.5, 0.6) is 0 Å². The average Bonchev–Trinajstić information content (AvgIpc) is 2.48. The maximum Gasteiger partial charge on any atom is 0.162 e. The van der Waals surface area contributed by atoms with E-state index < -0.39 is 0 Å². The van der Waals surface area contributed by atoms with Crippen molar-refractivity contribution in [3.63, 3.8) is 0 Å². The summed E-state index contributed by atoms with van der Waals surface area (Å²) in [5.74, 6) is 1.33. The predicted octanol–water partition coefficient (Wildman–Crippen LogP) is 1.94. The summed E-state index contributed by atoms with van der Waals surface area (Å²) in [6.45, 7) is 1.24. The van der Waals surface area contributed by atoms with Crippen molar-refractivity contribution in [2.75, 3.05) is 19.5 Å². The lowest BCUT2D eigenvalue weighted by molar-refractivity contribution is -0.0517. The van der Waals surface area contributed by atoms with Gasteiger partial charge in [0.05, 0.1) is 18.9 Å². The van der Waals surface area contributed by atoms with E-state index in [1.54, 1.807) is 7.11 Å². The van der Waals surface area contributed by atoms with Gasteiger partial charge in [-0.2, -0.15) is 0 Å². The number of ether oxygens (including phenoxy) is 2. The highest BCUT2D eigenvalue weighted by atomic mass is 16.5. The fourth-order valence-corrected chi connectivity index (χ4v) is 3.10. The van der Waals surface area contributed by atoms with E-state index in [1.165, 1.54) is 6.42 Å². The Morgan fingerprint density at radius 3 is 2.74 bits per heavy atom. The number of nitrogens with two attached hydrogens (primary N) is 1. The molecule has 2 aliphatic rings. The Morgan fingerprint density at radius 1 is 1.21 bits per heavy atom. The molecule has 0 atom stereocenters. The van der Waals surface area contributed by atoms with Gasteiger partial charge in [0, 0.05) is 19.1 Å². The molecule has 1 aromatic rings. The van der Waals surface area contributed by atoms with Crippen molar-refractivity contribution in [2.24, 2.45) is 0 Å². The number of methoxy groups -OCH3 is 1. The summed E-state index contributed by atoms with van der Waals surface area (Å²) in [5, 5.41) is 0. The maximum absolute atomic E-state index is 6.08. The normalized spacial score (nSPS) is 21.9. The van der Waals surface area contributed by atoms with Gasteiger partial charge in [-0.1, -0.05) is 19.3 Å². The smallest absolute Gasteiger partial charge is 0.162 e. The topological polar surface area (TPSA) is 70.3 Å². The van der Waals surface area contributed by atoms with Crippen LogP contribution in [-0.2, 0) is 28.1 Å². The minimum Gasteiger partial charge on any atom is -0.383 e. The van der Waals surface area contributed by atoms with Gasteiger partial charge in [-0.05, 0) is 12.8 Å². The molecule has 104 valence electrons. The van der Waals surface area contributed by atoms with Gasteiger partial charge < -0.3 is 15.2 Å². The Morgan fingerprint density at radius 2 is 2.00 bits per heavy atom. The molecule has 2 heterocycles. The zero-order valence-electron chi connectivity index (χ0n) is 11.4. The van der Waals surface area contributed by atoms with Gasteiger partial charge in [0.2, 0.25) is 0 Å². The first kappa shape index (κ1) is 12.8. The highest BCUT2D eigenvalue weighted by molar-refractivity contribution is 5.43. The van der Waals surface area contributed by atoms with Crippen molar-refractivity contribution >= 4 is 5.82 Å². The number of nitrogens with zero attached hydrogens (tertiary/aromatic N) is 2. The van der Waals surface area contributed by atoms with Crippen molar-refractivity contribution in [1.82, 2.24) is 9.97 Å². The molecule has 1 aliphatic carbocycles. The van der Waals surface area contributed by atoms with Gasteiger partial charge in [0.15, 0.2) is 5.82 Å². The van der Waals surface area contributed by atoms with E-state index in [2.05, 4.69) is 4.98 Å². The van der Waals surface area contributed by atoms with E-state index in [-0.39, 0.29) is 5.60 Å². The third kappa shape index (κ3) is 2.21. The molecule has 2 N–H and O–H groups in total. The van der Waals surface area contributed by atoms with Gasteiger partial charge in [-0.15, -0.1) is 0 Å². The molecular formula is C14H21N3O2. The van der Waals surface area contributed by atoms with Gasteiger partial charge in [0.1, 0.15) is 11.4 Å². The number of aromatic nitrogens is 2. The summed E-state index contributed by atoms with van der Waals surface area (Å²) >= 11 is 0. The molecule has 19 heavy (non-hydrogen) atoms. The standard InChI is InChI=1S/C14H21N3O2/c1-18-14(6-3-2-4-7-14)13-16-11-5-8-19-9-10(11)12(15)17-13/h2-9H2,1H3,(H2,15,16,17). The van der Waals surface area contributed by atoms with Crippen LogP contribution in [0.15, 0.2) is 0 Å². The molecule has 0 radical (unpaired) electrons. The summed E-state index contributed by atoms with van der Waals surface area (Å²) in [4.78, 5) is 9.26. The molecule has 1 aromatic heterocycles. The molecule has 1 saturated carbocycles. The van der Waals surface area contributed by atoms with Gasteiger partial charge >= 0.3 is 0 Å². The van der Waals surface area contributed by atoms with Crippen molar-refractivity contribution in [1.29, 1.82) is 0 Å². The fourth-order valence-electron chi connectivity index (χ4n) is 3.10. The van der Waals surface area contributed by atoms with Crippen LogP contribution < -0.4 is 5.73 Å². The molecule has 5 heteroatoms. The number of fused-ring (bicyclic) bond motifs is 1. The molecule has 1 aliphatic heterocycles. The van der Waals surface area contributed by atoms with Crippen molar-refractivity contribution < 1.29 is 9.47 Å². The van der Waals surface area contributed by atoms with Crippen LogP contribution in [0, 0.1) is 0 Å². The summed E-state index contributed by atoms with van der Waals surface area (Å²) in [7, 11) is 1.76. The second-order valence-corrected chi connectivity index (χ2v) is 5.42. The Hall–Kier alpha value is -1.20. The van der Waals surface area contributed by atoms with Crippen LogP contribution in [0.1, 0.15) is 49.2 Å². The van der Waals surface area contributed by atoms with Crippen LogP contribution in [0.4, 0.5) is 5.82 Å². The van der Waals surface area contributed by atoms with E-state index in [9.17, 15) is 0 Å². The highest BCUT2D eigenvalue weighted by Crippen LogP contribution is 2.39. The minimum atomic E-state index is -0.334. The van der Waals surface area contributed by atoms with E-state index in [4.69, 9.17) is 20.2 Å². The van der Waals surface area contributed by atoms with Crippen molar-refractivity contribution in [3.05, 3.63) is 17.1 Å². The number of hydrogen-bond donors (Lipinski definition) is 1. The lowest BCUT2D eigenvalue weighted by atomic mass is 9.83. The van der Waals surface area contributed by atoms with Crippen molar-refractivity contribution in [2.45, 2.75) is 50.7 Å². The number of anilines is 1. The third-order valence-electron chi connectivity index (χ3n) is 4.31. The minimum absolute atomic E-state index is 0.334. The number of rotatable bonds is 2. The first-order valence-corrected chi connectivity index (χ1v) is 7.04. The van der Waals surface area contributed by atoms with Crippen LogP contribution in [0.3, 0.4) is 0 Å². The molecule has 0 amide bonds. The Balaban J connectivity index is 2.02. The fraction of sp³-hybridized carbons (Fsp3) is 0.714. The quantitative estimate of drug-likeness (QED) is 0.883. The lowest BCUT2D eigenvalue weighted by Crippen LogP contribution is -2.34. The number of nitrogen functional groups attached to an aromatic ring is 1. The van der Waals surface area contributed by atoms with Crippen LogP contribution in [-0.4, -0.2) is 23.7 Å². The second kappa shape index (κ2) is 5.06. The van der Waals surface area contributed by atoms with E-state index in [0.29, 0.717) is 19.0 Å².